The summed E-state index contributed by atoms with van der Waals surface area (Å²) >= 11 is 0. The number of imidazole rings is 1. The third kappa shape index (κ3) is 6.03. The van der Waals surface area contributed by atoms with E-state index in [0.29, 0.717) is 6.54 Å². The molecule has 0 aliphatic rings. The van der Waals surface area contributed by atoms with Crippen LogP contribution in [0, 0.1) is 13.8 Å². The molecule has 0 spiro atoms. The first-order chi connectivity index (χ1) is 13.6. The van der Waals surface area contributed by atoms with Gasteiger partial charge in [0.15, 0.2) is 5.96 Å². The van der Waals surface area contributed by atoms with Crippen LogP contribution in [0.3, 0.4) is 0 Å². The molecule has 3 aromatic rings. The van der Waals surface area contributed by atoms with E-state index in [1.807, 2.05) is 30.0 Å². The Morgan fingerprint density at radius 3 is 2.55 bits per heavy atom. The Morgan fingerprint density at radius 2 is 1.93 bits per heavy atom. The van der Waals surface area contributed by atoms with Gasteiger partial charge in [0.05, 0.1) is 6.54 Å². The van der Waals surface area contributed by atoms with E-state index in [4.69, 9.17) is 4.99 Å². The molecule has 0 aliphatic carbocycles. The second kappa shape index (κ2) is 10.9. The summed E-state index contributed by atoms with van der Waals surface area (Å²) in [7, 11) is 2.07. The first-order valence-electron chi connectivity index (χ1n) is 9.57. The molecular formula is C22H29IN6. The minimum Gasteiger partial charge on any atom is -0.357 e. The van der Waals surface area contributed by atoms with Crippen LogP contribution in [0.4, 0.5) is 0 Å². The van der Waals surface area contributed by atoms with E-state index in [0.717, 1.165) is 36.3 Å². The number of aliphatic imine (C=N–C) groups is 1. The molecule has 0 unspecified atom stereocenters. The van der Waals surface area contributed by atoms with Crippen LogP contribution in [0.25, 0.3) is 5.82 Å². The SMILES string of the molecule is CCNC(=NCc1ccc(-n2ccnc2C)nc1)N(C)Cc1ccccc1C.I. The highest BCUT2D eigenvalue weighted by Gasteiger charge is 2.08. The molecule has 1 aromatic carbocycles. The lowest BCUT2D eigenvalue weighted by molar-refractivity contribution is 0.475. The van der Waals surface area contributed by atoms with E-state index in [-0.39, 0.29) is 24.0 Å². The summed E-state index contributed by atoms with van der Waals surface area (Å²) in [6, 6.07) is 12.5. The van der Waals surface area contributed by atoms with E-state index in [2.05, 4.69) is 71.4 Å². The average molecular weight is 504 g/mol. The van der Waals surface area contributed by atoms with Crippen molar-refractivity contribution in [3.8, 4) is 5.82 Å². The molecule has 0 aliphatic heterocycles. The highest BCUT2D eigenvalue weighted by Crippen LogP contribution is 2.11. The van der Waals surface area contributed by atoms with Gasteiger partial charge in [0.25, 0.3) is 0 Å². The van der Waals surface area contributed by atoms with Gasteiger partial charge in [0.1, 0.15) is 11.6 Å². The van der Waals surface area contributed by atoms with Crippen LogP contribution in [-0.4, -0.2) is 39.0 Å². The van der Waals surface area contributed by atoms with Crippen molar-refractivity contribution in [2.24, 2.45) is 4.99 Å². The van der Waals surface area contributed by atoms with E-state index >= 15 is 0 Å². The largest absolute Gasteiger partial charge is 0.357 e. The number of nitrogens with one attached hydrogen (secondary N) is 1. The molecule has 0 bridgehead atoms. The van der Waals surface area contributed by atoms with Crippen molar-refractivity contribution in [2.75, 3.05) is 13.6 Å². The fourth-order valence-corrected chi connectivity index (χ4v) is 3.03. The lowest BCUT2D eigenvalue weighted by Gasteiger charge is -2.23. The van der Waals surface area contributed by atoms with Crippen LogP contribution in [-0.2, 0) is 13.1 Å². The molecule has 7 heteroatoms. The summed E-state index contributed by atoms with van der Waals surface area (Å²) in [6.07, 6.45) is 5.57. The van der Waals surface area contributed by atoms with Gasteiger partial charge in [-0.15, -0.1) is 24.0 Å². The fourth-order valence-electron chi connectivity index (χ4n) is 3.03. The van der Waals surface area contributed by atoms with Crippen molar-refractivity contribution in [1.29, 1.82) is 0 Å². The van der Waals surface area contributed by atoms with Crippen LogP contribution in [0.2, 0.25) is 0 Å². The number of aromatic nitrogens is 3. The van der Waals surface area contributed by atoms with Crippen molar-refractivity contribution in [1.82, 2.24) is 24.8 Å². The molecule has 0 fully saturated rings. The van der Waals surface area contributed by atoms with E-state index in [1.165, 1.54) is 11.1 Å². The Hall–Kier alpha value is -2.42. The number of halogens is 1. The molecule has 2 heterocycles. The lowest BCUT2D eigenvalue weighted by atomic mass is 10.1. The third-order valence-corrected chi connectivity index (χ3v) is 4.66. The third-order valence-electron chi connectivity index (χ3n) is 4.66. The Kier molecular flexibility index (Phi) is 8.63. The number of aryl methyl sites for hydroxylation is 2. The molecule has 154 valence electrons. The maximum atomic E-state index is 4.79. The van der Waals surface area contributed by atoms with Crippen molar-refractivity contribution in [2.45, 2.75) is 33.9 Å². The van der Waals surface area contributed by atoms with E-state index in [9.17, 15) is 0 Å². The van der Waals surface area contributed by atoms with Crippen LogP contribution >= 0.6 is 24.0 Å². The van der Waals surface area contributed by atoms with Gasteiger partial charge in [-0.1, -0.05) is 30.3 Å². The van der Waals surface area contributed by atoms with Crippen molar-refractivity contribution >= 4 is 29.9 Å². The normalized spacial score (nSPS) is 11.1. The predicted octanol–water partition coefficient (Wildman–Crippen LogP) is 4.10. The number of rotatable bonds is 6. The van der Waals surface area contributed by atoms with Gasteiger partial charge in [-0.2, -0.15) is 0 Å². The molecule has 0 atom stereocenters. The maximum Gasteiger partial charge on any atom is 0.194 e. The minimum atomic E-state index is 0. The molecule has 1 N–H and O–H groups in total. The number of nitrogens with zero attached hydrogens (tertiary/aromatic N) is 5. The zero-order chi connectivity index (χ0) is 19.9. The smallest absolute Gasteiger partial charge is 0.194 e. The summed E-state index contributed by atoms with van der Waals surface area (Å²) in [5.41, 5.74) is 3.67. The molecular weight excluding hydrogens is 475 g/mol. The zero-order valence-electron chi connectivity index (χ0n) is 17.5. The fraction of sp³-hybridized carbons (Fsp3) is 0.318. The minimum absolute atomic E-state index is 0. The Balaban J connectivity index is 0.00000300. The summed E-state index contributed by atoms with van der Waals surface area (Å²) in [6.45, 7) is 8.41. The number of benzene rings is 1. The van der Waals surface area contributed by atoms with Crippen LogP contribution < -0.4 is 5.32 Å². The number of hydrogen-bond donors (Lipinski definition) is 1. The second-order valence-electron chi connectivity index (χ2n) is 6.82. The van der Waals surface area contributed by atoms with Gasteiger partial charge < -0.3 is 10.2 Å². The molecule has 3 rings (SSSR count). The number of guanidine groups is 1. The lowest BCUT2D eigenvalue weighted by Crippen LogP contribution is -2.38. The van der Waals surface area contributed by atoms with Gasteiger partial charge in [-0.3, -0.25) is 4.57 Å². The highest BCUT2D eigenvalue weighted by atomic mass is 127. The van der Waals surface area contributed by atoms with Crippen LogP contribution in [0.1, 0.15) is 29.4 Å². The van der Waals surface area contributed by atoms with Crippen LogP contribution in [0.15, 0.2) is 60.0 Å². The monoisotopic (exact) mass is 504 g/mol. The molecule has 0 saturated carbocycles. The van der Waals surface area contributed by atoms with Gasteiger partial charge in [-0.05, 0) is 43.5 Å². The summed E-state index contributed by atoms with van der Waals surface area (Å²) in [4.78, 5) is 15.7. The predicted molar refractivity (Wildman–Crippen MR) is 129 cm³/mol. The molecule has 29 heavy (non-hydrogen) atoms. The van der Waals surface area contributed by atoms with Crippen molar-refractivity contribution in [3.63, 3.8) is 0 Å². The topological polar surface area (TPSA) is 58.3 Å². The molecule has 2 aromatic heterocycles. The van der Waals surface area contributed by atoms with E-state index < -0.39 is 0 Å². The number of hydrogen-bond acceptors (Lipinski definition) is 3. The van der Waals surface area contributed by atoms with Crippen molar-refractivity contribution < 1.29 is 0 Å². The van der Waals surface area contributed by atoms with Gasteiger partial charge in [0.2, 0.25) is 0 Å². The standard InChI is InChI=1S/C22H28N6.HI/c1-5-23-22(27(4)16-20-9-7-6-8-17(20)2)26-15-19-10-11-21(25-14-19)28-13-12-24-18(28)3;/h6-14H,5,15-16H2,1-4H3,(H,23,26);1H. The Labute approximate surface area is 190 Å². The van der Waals surface area contributed by atoms with Crippen molar-refractivity contribution in [3.05, 3.63) is 77.5 Å². The highest BCUT2D eigenvalue weighted by molar-refractivity contribution is 14.0. The molecule has 6 nitrogen and oxygen atoms in total. The average Bonchev–Trinajstić information content (AvgIpc) is 3.13. The maximum absolute atomic E-state index is 4.79. The van der Waals surface area contributed by atoms with Gasteiger partial charge in [0, 0.05) is 38.7 Å². The summed E-state index contributed by atoms with van der Waals surface area (Å²) in [5, 5.41) is 3.38. The van der Waals surface area contributed by atoms with Crippen LogP contribution in [0.5, 0.6) is 0 Å². The molecule has 0 radical (unpaired) electrons. The molecule has 0 saturated heterocycles. The summed E-state index contributed by atoms with van der Waals surface area (Å²) < 4.78 is 1.97. The number of pyridine rings is 1. The summed E-state index contributed by atoms with van der Waals surface area (Å²) in [5.74, 6) is 2.68. The first-order valence-corrected chi connectivity index (χ1v) is 9.57. The van der Waals surface area contributed by atoms with E-state index in [1.54, 1.807) is 6.20 Å². The quantitative estimate of drug-likeness (QED) is 0.312. The zero-order valence-corrected chi connectivity index (χ0v) is 19.8. The Bertz CT molecular complexity index is 932. The van der Waals surface area contributed by atoms with Gasteiger partial charge in [-0.25, -0.2) is 15.0 Å². The molecule has 0 amide bonds. The Morgan fingerprint density at radius 1 is 1.14 bits per heavy atom. The van der Waals surface area contributed by atoms with Gasteiger partial charge >= 0.3 is 0 Å². The first kappa shape index (κ1) is 22.9. The second-order valence-corrected chi connectivity index (χ2v) is 6.82.